The fourth-order valence-corrected chi connectivity index (χ4v) is 2.43. The molecule has 1 fully saturated rings. The maximum Gasteiger partial charge on any atom is 0.128 e. The van der Waals surface area contributed by atoms with Crippen LogP contribution in [-0.2, 0) is 0 Å². The van der Waals surface area contributed by atoms with Crippen molar-refractivity contribution in [3.63, 3.8) is 0 Å². The standard InChI is InChI=1S/C13H19FN2.C2H6/c1-2-16-7-5-10(6-8-16)12-4-3-11(15)9-13(12)14;1-2/h3-4,9-10H,2,5-8,15H2,1H3;1-2H3. The zero-order valence-corrected chi connectivity index (χ0v) is 11.7. The average molecular weight is 252 g/mol. The Labute approximate surface area is 110 Å². The van der Waals surface area contributed by atoms with E-state index < -0.39 is 0 Å². The van der Waals surface area contributed by atoms with Gasteiger partial charge >= 0.3 is 0 Å². The number of anilines is 1. The first-order valence-corrected chi connectivity index (χ1v) is 6.98. The van der Waals surface area contributed by atoms with Crippen molar-refractivity contribution in [2.24, 2.45) is 0 Å². The highest BCUT2D eigenvalue weighted by Gasteiger charge is 2.21. The Balaban J connectivity index is 0.000000771. The topological polar surface area (TPSA) is 29.3 Å². The van der Waals surface area contributed by atoms with Gasteiger partial charge in [-0.2, -0.15) is 0 Å². The molecule has 3 heteroatoms. The number of halogens is 1. The number of nitrogen functional groups attached to an aromatic ring is 1. The molecular weight excluding hydrogens is 227 g/mol. The first kappa shape index (κ1) is 15.0. The Bertz CT molecular complexity index is 358. The summed E-state index contributed by atoms with van der Waals surface area (Å²) in [4.78, 5) is 2.41. The van der Waals surface area contributed by atoms with Crippen LogP contribution in [0, 0.1) is 5.82 Å². The van der Waals surface area contributed by atoms with Crippen LogP contribution in [-0.4, -0.2) is 24.5 Å². The maximum atomic E-state index is 13.7. The summed E-state index contributed by atoms with van der Waals surface area (Å²) in [5.41, 5.74) is 6.90. The van der Waals surface area contributed by atoms with Crippen molar-refractivity contribution in [3.05, 3.63) is 29.6 Å². The van der Waals surface area contributed by atoms with Gasteiger partial charge in [-0.1, -0.05) is 26.8 Å². The fraction of sp³-hybridized carbons (Fsp3) is 0.600. The molecule has 2 N–H and O–H groups in total. The highest BCUT2D eigenvalue weighted by atomic mass is 19.1. The van der Waals surface area contributed by atoms with Gasteiger partial charge in [-0.25, -0.2) is 4.39 Å². The molecule has 1 saturated heterocycles. The minimum Gasteiger partial charge on any atom is -0.399 e. The van der Waals surface area contributed by atoms with E-state index in [1.165, 1.54) is 6.07 Å². The number of piperidine rings is 1. The predicted molar refractivity (Wildman–Crippen MR) is 76.2 cm³/mol. The van der Waals surface area contributed by atoms with Crippen molar-refractivity contribution in [2.75, 3.05) is 25.4 Å². The molecular formula is C15H25FN2. The van der Waals surface area contributed by atoms with Gasteiger partial charge in [0.1, 0.15) is 5.82 Å². The van der Waals surface area contributed by atoms with Crippen LogP contribution in [0.15, 0.2) is 18.2 Å². The minimum atomic E-state index is -0.144. The lowest BCUT2D eigenvalue weighted by atomic mass is 9.89. The molecule has 0 aromatic heterocycles. The van der Waals surface area contributed by atoms with E-state index in [2.05, 4.69) is 11.8 Å². The first-order valence-electron chi connectivity index (χ1n) is 6.98. The Hall–Kier alpha value is -1.09. The maximum absolute atomic E-state index is 13.7. The molecule has 0 radical (unpaired) electrons. The molecule has 0 saturated carbocycles. The van der Waals surface area contributed by atoms with Crippen molar-refractivity contribution < 1.29 is 4.39 Å². The lowest BCUT2D eigenvalue weighted by Crippen LogP contribution is -2.32. The largest absolute Gasteiger partial charge is 0.399 e. The number of rotatable bonds is 2. The summed E-state index contributed by atoms with van der Waals surface area (Å²) in [6, 6.07) is 5.07. The zero-order chi connectivity index (χ0) is 13.5. The van der Waals surface area contributed by atoms with Crippen LogP contribution in [0.5, 0.6) is 0 Å². The molecule has 1 aromatic rings. The molecule has 1 aromatic carbocycles. The van der Waals surface area contributed by atoms with Crippen molar-refractivity contribution in [3.8, 4) is 0 Å². The van der Waals surface area contributed by atoms with Gasteiger partial charge in [0.25, 0.3) is 0 Å². The lowest BCUT2D eigenvalue weighted by molar-refractivity contribution is 0.220. The van der Waals surface area contributed by atoms with Crippen LogP contribution in [0.2, 0.25) is 0 Å². The van der Waals surface area contributed by atoms with Gasteiger partial charge in [0.05, 0.1) is 0 Å². The molecule has 1 heterocycles. The third-order valence-electron chi connectivity index (χ3n) is 3.50. The van der Waals surface area contributed by atoms with Crippen molar-refractivity contribution >= 4 is 5.69 Å². The number of likely N-dealkylation sites (tertiary alicyclic amines) is 1. The smallest absolute Gasteiger partial charge is 0.128 e. The third-order valence-corrected chi connectivity index (χ3v) is 3.50. The summed E-state index contributed by atoms with van der Waals surface area (Å²) in [5.74, 6) is 0.221. The number of hydrogen-bond donors (Lipinski definition) is 1. The Morgan fingerprint density at radius 3 is 2.39 bits per heavy atom. The molecule has 102 valence electrons. The number of hydrogen-bond acceptors (Lipinski definition) is 2. The summed E-state index contributed by atoms with van der Waals surface area (Å²) < 4.78 is 13.7. The van der Waals surface area contributed by atoms with Crippen molar-refractivity contribution in [2.45, 2.75) is 39.5 Å². The second-order valence-electron chi connectivity index (χ2n) is 4.49. The lowest BCUT2D eigenvalue weighted by Gasteiger charge is -2.31. The Kier molecular flexibility index (Phi) is 6.13. The van der Waals surface area contributed by atoms with E-state index in [9.17, 15) is 4.39 Å². The van der Waals surface area contributed by atoms with Gasteiger partial charge in [-0.15, -0.1) is 0 Å². The number of nitrogens with zero attached hydrogens (tertiary/aromatic N) is 1. The summed E-state index contributed by atoms with van der Waals surface area (Å²) in [7, 11) is 0. The van der Waals surface area contributed by atoms with Gasteiger partial charge in [0.2, 0.25) is 0 Å². The molecule has 1 aliphatic heterocycles. The van der Waals surface area contributed by atoms with Gasteiger partial charge in [0.15, 0.2) is 0 Å². The van der Waals surface area contributed by atoms with E-state index in [0.29, 0.717) is 11.6 Å². The van der Waals surface area contributed by atoms with E-state index in [1.54, 1.807) is 6.07 Å². The zero-order valence-electron chi connectivity index (χ0n) is 11.7. The average Bonchev–Trinajstić information content (AvgIpc) is 2.41. The molecule has 0 bridgehead atoms. The second kappa shape index (κ2) is 7.37. The molecule has 0 aliphatic carbocycles. The normalized spacial score (nSPS) is 17.1. The van der Waals surface area contributed by atoms with Gasteiger partial charge in [-0.05, 0) is 56.1 Å². The van der Waals surface area contributed by atoms with Crippen LogP contribution in [0.3, 0.4) is 0 Å². The molecule has 2 nitrogen and oxygen atoms in total. The quantitative estimate of drug-likeness (QED) is 0.814. The fourth-order valence-electron chi connectivity index (χ4n) is 2.43. The van der Waals surface area contributed by atoms with Crippen LogP contribution in [0.1, 0.15) is 45.1 Å². The van der Waals surface area contributed by atoms with Crippen LogP contribution >= 0.6 is 0 Å². The summed E-state index contributed by atoms with van der Waals surface area (Å²) in [6.45, 7) is 9.41. The van der Waals surface area contributed by atoms with Gasteiger partial charge < -0.3 is 10.6 Å². The first-order chi connectivity index (χ1) is 8.70. The summed E-state index contributed by atoms with van der Waals surface area (Å²) in [6.07, 6.45) is 2.10. The Morgan fingerprint density at radius 1 is 1.28 bits per heavy atom. The van der Waals surface area contributed by atoms with Gasteiger partial charge in [0, 0.05) is 5.69 Å². The third kappa shape index (κ3) is 3.70. The minimum absolute atomic E-state index is 0.144. The highest BCUT2D eigenvalue weighted by molar-refractivity contribution is 5.41. The van der Waals surface area contributed by atoms with Crippen molar-refractivity contribution in [1.82, 2.24) is 4.90 Å². The molecule has 2 rings (SSSR count). The molecule has 18 heavy (non-hydrogen) atoms. The number of benzene rings is 1. The SMILES string of the molecule is CC.CCN1CCC(c2ccc(N)cc2F)CC1. The summed E-state index contributed by atoms with van der Waals surface area (Å²) in [5, 5.41) is 0. The molecule has 0 spiro atoms. The van der Waals surface area contributed by atoms with Crippen LogP contribution in [0.4, 0.5) is 10.1 Å². The van der Waals surface area contributed by atoms with E-state index in [0.717, 1.165) is 38.0 Å². The monoisotopic (exact) mass is 252 g/mol. The van der Waals surface area contributed by atoms with Crippen molar-refractivity contribution in [1.29, 1.82) is 0 Å². The summed E-state index contributed by atoms with van der Waals surface area (Å²) >= 11 is 0. The van der Waals surface area contributed by atoms with E-state index >= 15 is 0 Å². The second-order valence-corrected chi connectivity index (χ2v) is 4.49. The van der Waals surface area contributed by atoms with Crippen LogP contribution in [0.25, 0.3) is 0 Å². The molecule has 0 atom stereocenters. The van der Waals surface area contributed by atoms with Crippen LogP contribution < -0.4 is 5.73 Å². The molecule has 0 unspecified atom stereocenters. The highest BCUT2D eigenvalue weighted by Crippen LogP contribution is 2.30. The molecule has 1 aliphatic rings. The predicted octanol–water partition coefficient (Wildman–Crippen LogP) is 3.63. The number of nitrogens with two attached hydrogens (primary N) is 1. The van der Waals surface area contributed by atoms with E-state index in [4.69, 9.17) is 5.73 Å². The Morgan fingerprint density at radius 2 is 1.89 bits per heavy atom. The molecule has 0 amide bonds. The van der Waals surface area contributed by atoms with Gasteiger partial charge in [-0.3, -0.25) is 0 Å². The van der Waals surface area contributed by atoms with E-state index in [-0.39, 0.29) is 5.82 Å². The van der Waals surface area contributed by atoms with E-state index in [1.807, 2.05) is 19.9 Å².